The fourth-order valence-electron chi connectivity index (χ4n) is 1.01. The lowest BCUT2D eigenvalue weighted by Gasteiger charge is -2.11. The average molecular weight is 260 g/mol. The first-order valence-corrected chi connectivity index (χ1v) is 6.64. The maximum Gasteiger partial charge on any atom is 0.327 e. The summed E-state index contributed by atoms with van der Waals surface area (Å²) in [4.78, 5) is 25.6. The van der Waals surface area contributed by atoms with E-state index in [-0.39, 0.29) is 5.91 Å². The third kappa shape index (κ3) is 4.63. The van der Waals surface area contributed by atoms with Crippen LogP contribution in [0.5, 0.6) is 0 Å². The number of aromatic nitrogens is 1. The van der Waals surface area contributed by atoms with Gasteiger partial charge in [-0.15, -0.1) is 11.3 Å². The predicted octanol–water partition coefficient (Wildman–Crippen LogP) is 0.966. The number of carboxylic acids is 1. The van der Waals surface area contributed by atoms with Gasteiger partial charge in [0.15, 0.2) is 0 Å². The molecule has 0 unspecified atom stereocenters. The van der Waals surface area contributed by atoms with Crippen LogP contribution in [0.25, 0.3) is 0 Å². The topological polar surface area (TPSA) is 79.3 Å². The minimum atomic E-state index is -1.01. The van der Waals surface area contributed by atoms with Crippen LogP contribution in [0.2, 0.25) is 0 Å². The highest BCUT2D eigenvalue weighted by Crippen LogP contribution is 2.13. The van der Waals surface area contributed by atoms with Gasteiger partial charge in [0.1, 0.15) is 6.04 Å². The lowest BCUT2D eigenvalue weighted by molar-refractivity contribution is -0.140. The van der Waals surface area contributed by atoms with E-state index in [1.807, 2.05) is 5.38 Å². The molecule has 1 heterocycles. The monoisotopic (exact) mass is 260 g/mol. The molecule has 7 heteroatoms. The molecule has 0 spiro atoms. The molecule has 88 valence electrons. The van der Waals surface area contributed by atoms with Crippen molar-refractivity contribution >= 4 is 35.0 Å². The van der Waals surface area contributed by atoms with Crippen molar-refractivity contribution in [2.45, 2.75) is 18.7 Å². The second kappa shape index (κ2) is 6.49. The molecule has 0 radical (unpaired) electrons. The summed E-state index contributed by atoms with van der Waals surface area (Å²) < 4.78 is 0. The van der Waals surface area contributed by atoms with E-state index in [9.17, 15) is 9.59 Å². The largest absolute Gasteiger partial charge is 0.480 e. The maximum absolute atomic E-state index is 10.8. The highest BCUT2D eigenvalue weighted by Gasteiger charge is 2.17. The number of carboxylic acid groups (broad SMARTS) is 1. The molecule has 1 atom stereocenters. The SMILES string of the molecule is CC(=O)N[C@@H](CSCc1cscn1)C(=O)O. The number of rotatable bonds is 6. The van der Waals surface area contributed by atoms with E-state index in [1.54, 1.807) is 5.51 Å². The van der Waals surface area contributed by atoms with Crippen LogP contribution in [0, 0.1) is 0 Å². The number of hydrogen-bond donors (Lipinski definition) is 2. The summed E-state index contributed by atoms with van der Waals surface area (Å²) in [6.07, 6.45) is 0. The second-order valence-corrected chi connectivity index (χ2v) is 4.84. The number of carbonyl (C=O) groups excluding carboxylic acids is 1. The van der Waals surface area contributed by atoms with Crippen LogP contribution in [0.15, 0.2) is 10.9 Å². The minimum absolute atomic E-state index is 0.332. The number of hydrogen-bond acceptors (Lipinski definition) is 5. The molecular formula is C9H12N2O3S2. The van der Waals surface area contributed by atoms with Crippen molar-refractivity contribution in [2.75, 3.05) is 5.75 Å². The summed E-state index contributed by atoms with van der Waals surface area (Å²) in [5.41, 5.74) is 2.67. The Morgan fingerprint density at radius 2 is 2.44 bits per heavy atom. The number of thiazole rings is 1. The molecule has 0 aliphatic heterocycles. The van der Waals surface area contributed by atoms with E-state index in [0.29, 0.717) is 11.5 Å². The van der Waals surface area contributed by atoms with Crippen molar-refractivity contribution in [3.05, 3.63) is 16.6 Å². The average Bonchev–Trinajstić information content (AvgIpc) is 2.68. The summed E-state index contributed by atoms with van der Waals surface area (Å²) in [6.45, 7) is 1.31. The van der Waals surface area contributed by atoms with E-state index in [2.05, 4.69) is 10.3 Å². The van der Waals surface area contributed by atoms with Gasteiger partial charge < -0.3 is 10.4 Å². The van der Waals surface area contributed by atoms with Gasteiger partial charge in [0.25, 0.3) is 0 Å². The first-order chi connectivity index (χ1) is 7.59. The Bertz CT molecular complexity index is 354. The fourth-order valence-corrected chi connectivity index (χ4v) is 2.62. The molecule has 2 N–H and O–H groups in total. The van der Waals surface area contributed by atoms with Gasteiger partial charge in [0.2, 0.25) is 5.91 Å². The standard InChI is InChI=1S/C9H12N2O3S2/c1-6(12)11-8(9(13)14)4-15-2-7-3-16-5-10-7/h3,5,8H,2,4H2,1H3,(H,11,12)(H,13,14)/t8-/m0/s1. The van der Waals surface area contributed by atoms with Crippen molar-refractivity contribution in [1.82, 2.24) is 10.3 Å². The normalized spacial score (nSPS) is 12.1. The van der Waals surface area contributed by atoms with Crippen molar-refractivity contribution in [1.29, 1.82) is 0 Å². The van der Waals surface area contributed by atoms with Crippen LogP contribution >= 0.6 is 23.1 Å². The summed E-state index contributed by atoms with van der Waals surface area (Å²) in [6, 6.07) is -0.832. The number of thioether (sulfide) groups is 1. The van der Waals surface area contributed by atoms with Gasteiger partial charge in [-0.2, -0.15) is 11.8 Å². The Balaban J connectivity index is 2.32. The van der Waals surface area contributed by atoms with Gasteiger partial charge in [-0.3, -0.25) is 4.79 Å². The molecule has 1 aromatic rings. The quantitative estimate of drug-likeness (QED) is 0.796. The van der Waals surface area contributed by atoms with Gasteiger partial charge in [-0.25, -0.2) is 9.78 Å². The van der Waals surface area contributed by atoms with E-state index in [4.69, 9.17) is 5.11 Å². The van der Waals surface area contributed by atoms with Gasteiger partial charge in [0.05, 0.1) is 11.2 Å². The second-order valence-electron chi connectivity index (χ2n) is 3.09. The summed E-state index contributed by atoms with van der Waals surface area (Å²) in [5, 5.41) is 13.1. The Kier molecular flexibility index (Phi) is 5.27. The Morgan fingerprint density at radius 1 is 1.69 bits per heavy atom. The number of carbonyl (C=O) groups is 2. The Labute approximate surface area is 101 Å². The van der Waals surface area contributed by atoms with E-state index in [1.165, 1.54) is 30.0 Å². The van der Waals surface area contributed by atoms with E-state index >= 15 is 0 Å². The lowest BCUT2D eigenvalue weighted by Crippen LogP contribution is -2.41. The number of aliphatic carboxylic acids is 1. The van der Waals surface area contributed by atoms with Crippen LogP contribution in [-0.4, -0.2) is 33.8 Å². The van der Waals surface area contributed by atoms with Crippen molar-refractivity contribution in [2.24, 2.45) is 0 Å². The van der Waals surface area contributed by atoms with E-state index < -0.39 is 12.0 Å². The molecule has 0 saturated heterocycles. The van der Waals surface area contributed by atoms with Crippen LogP contribution < -0.4 is 5.32 Å². The highest BCUT2D eigenvalue weighted by atomic mass is 32.2. The number of nitrogens with zero attached hydrogens (tertiary/aromatic N) is 1. The summed E-state index contributed by atoms with van der Waals surface area (Å²) in [5.74, 6) is -0.345. The zero-order valence-electron chi connectivity index (χ0n) is 8.67. The molecule has 0 aliphatic rings. The van der Waals surface area contributed by atoms with Crippen molar-refractivity contribution in [3.63, 3.8) is 0 Å². The molecular weight excluding hydrogens is 248 g/mol. The third-order valence-corrected chi connectivity index (χ3v) is 3.40. The molecule has 1 rings (SSSR count). The summed E-state index contributed by atoms with van der Waals surface area (Å²) in [7, 11) is 0. The smallest absolute Gasteiger partial charge is 0.327 e. The van der Waals surface area contributed by atoms with Crippen LogP contribution in [-0.2, 0) is 15.3 Å². The summed E-state index contributed by atoms with van der Waals surface area (Å²) >= 11 is 2.94. The van der Waals surface area contributed by atoms with Gasteiger partial charge >= 0.3 is 5.97 Å². The molecule has 0 bridgehead atoms. The molecule has 0 aliphatic carbocycles. The minimum Gasteiger partial charge on any atom is -0.480 e. The van der Waals surface area contributed by atoms with Crippen LogP contribution in [0.1, 0.15) is 12.6 Å². The fraction of sp³-hybridized carbons (Fsp3) is 0.444. The number of amides is 1. The van der Waals surface area contributed by atoms with E-state index in [0.717, 1.165) is 5.69 Å². The van der Waals surface area contributed by atoms with Gasteiger partial charge in [-0.05, 0) is 0 Å². The van der Waals surface area contributed by atoms with Gasteiger partial charge in [-0.1, -0.05) is 0 Å². The Morgan fingerprint density at radius 3 is 2.94 bits per heavy atom. The predicted molar refractivity (Wildman–Crippen MR) is 63.5 cm³/mol. The first-order valence-electron chi connectivity index (χ1n) is 4.54. The highest BCUT2D eigenvalue weighted by molar-refractivity contribution is 7.98. The zero-order valence-corrected chi connectivity index (χ0v) is 10.3. The first kappa shape index (κ1) is 13.0. The van der Waals surface area contributed by atoms with Gasteiger partial charge in [0, 0.05) is 23.8 Å². The van der Waals surface area contributed by atoms with Crippen molar-refractivity contribution in [3.8, 4) is 0 Å². The molecule has 16 heavy (non-hydrogen) atoms. The third-order valence-electron chi connectivity index (χ3n) is 1.69. The van der Waals surface area contributed by atoms with Crippen molar-refractivity contribution < 1.29 is 14.7 Å². The molecule has 1 amide bonds. The molecule has 1 aromatic heterocycles. The zero-order chi connectivity index (χ0) is 12.0. The number of nitrogens with one attached hydrogen (secondary N) is 1. The van der Waals surface area contributed by atoms with Crippen LogP contribution in [0.3, 0.4) is 0 Å². The molecule has 0 aromatic carbocycles. The molecule has 5 nitrogen and oxygen atoms in total. The lowest BCUT2D eigenvalue weighted by atomic mass is 10.3. The maximum atomic E-state index is 10.8. The van der Waals surface area contributed by atoms with Crippen LogP contribution in [0.4, 0.5) is 0 Å². The Hall–Kier alpha value is -1.08. The molecule has 0 saturated carbocycles. The molecule has 0 fully saturated rings.